The SMILES string of the molecule is CN1CCc2nc(C(=O)C3(N)CCCCC3NC(=O)c3cc4cc(C#C[Si](C)(C)C)ccc4[nH]3)sc2C1. The third-order valence-electron chi connectivity index (χ3n) is 7.25. The molecule has 1 aliphatic heterocycles. The van der Waals surface area contributed by atoms with E-state index in [2.05, 4.69) is 58.3 Å². The molecule has 0 radical (unpaired) electrons. The van der Waals surface area contributed by atoms with Gasteiger partial charge in [0.15, 0.2) is 5.01 Å². The summed E-state index contributed by atoms with van der Waals surface area (Å²) in [5.74, 6) is 2.88. The number of H-pyrrole nitrogens is 1. The number of amides is 1. The Morgan fingerprint density at radius 3 is 2.86 bits per heavy atom. The first-order valence-corrected chi connectivity index (χ1v) is 17.3. The fourth-order valence-corrected chi connectivity index (χ4v) is 6.86. The molecular weight excluding hydrogens is 498 g/mol. The van der Waals surface area contributed by atoms with Crippen molar-refractivity contribution in [2.24, 2.45) is 5.73 Å². The molecule has 37 heavy (non-hydrogen) atoms. The zero-order valence-electron chi connectivity index (χ0n) is 22.0. The molecule has 2 atom stereocenters. The van der Waals surface area contributed by atoms with E-state index in [0.717, 1.165) is 59.4 Å². The molecule has 5 rings (SSSR count). The van der Waals surface area contributed by atoms with Crippen molar-refractivity contribution in [2.75, 3.05) is 13.6 Å². The number of thiazole rings is 1. The van der Waals surface area contributed by atoms with Gasteiger partial charge in [0.1, 0.15) is 19.3 Å². The highest BCUT2D eigenvalue weighted by Crippen LogP contribution is 2.33. The standard InChI is InChI=1S/C28H35N5O2SSi/c1-33-13-10-21-23(17-33)36-27(31-21)25(34)28(29)12-6-5-7-24(28)32-26(35)22-16-19-15-18(8-9-20(19)30-22)11-14-37(2,3)4/h8-9,15-16,24,30H,5-7,10,12-13,17,29H2,1-4H3,(H,32,35). The maximum absolute atomic E-state index is 13.7. The largest absolute Gasteiger partial charge is 0.351 e. The average Bonchev–Trinajstić information content (AvgIpc) is 3.46. The Morgan fingerprint density at radius 2 is 2.08 bits per heavy atom. The Labute approximate surface area is 223 Å². The summed E-state index contributed by atoms with van der Waals surface area (Å²) in [6, 6.07) is 7.34. The number of carbonyl (C=O) groups excluding carboxylic acids is 2. The van der Waals surface area contributed by atoms with Crippen molar-refractivity contribution in [1.29, 1.82) is 0 Å². The van der Waals surface area contributed by atoms with Gasteiger partial charge in [0.25, 0.3) is 5.91 Å². The highest BCUT2D eigenvalue weighted by molar-refractivity contribution is 7.13. The summed E-state index contributed by atoms with van der Waals surface area (Å²) in [5, 5.41) is 4.50. The highest BCUT2D eigenvalue weighted by Gasteiger charge is 2.46. The number of ketones is 1. The number of rotatable bonds is 4. The van der Waals surface area contributed by atoms with Gasteiger partial charge >= 0.3 is 0 Å². The van der Waals surface area contributed by atoms with Crippen LogP contribution in [0.5, 0.6) is 0 Å². The smallest absolute Gasteiger partial charge is 0.268 e. The molecule has 2 aromatic heterocycles. The van der Waals surface area contributed by atoms with Gasteiger partial charge in [0.2, 0.25) is 5.78 Å². The van der Waals surface area contributed by atoms with Gasteiger partial charge in [-0.25, -0.2) is 4.98 Å². The van der Waals surface area contributed by atoms with Crippen LogP contribution < -0.4 is 11.1 Å². The number of Topliss-reactive ketones (excluding diaryl/α,β-unsaturated/α-hetero) is 1. The fourth-order valence-electron chi connectivity index (χ4n) is 5.12. The van der Waals surface area contributed by atoms with Gasteiger partial charge in [-0.3, -0.25) is 9.59 Å². The van der Waals surface area contributed by atoms with Crippen LogP contribution in [0.25, 0.3) is 10.9 Å². The predicted molar refractivity (Wildman–Crippen MR) is 152 cm³/mol. The van der Waals surface area contributed by atoms with Crippen LogP contribution in [0.1, 0.15) is 62.1 Å². The van der Waals surface area contributed by atoms with E-state index < -0.39 is 19.7 Å². The van der Waals surface area contributed by atoms with Crippen molar-refractivity contribution in [2.45, 2.75) is 69.9 Å². The number of nitrogens with zero attached hydrogens (tertiary/aromatic N) is 2. The van der Waals surface area contributed by atoms with Gasteiger partial charge in [0, 0.05) is 40.9 Å². The van der Waals surface area contributed by atoms with Crippen LogP contribution in [-0.4, -0.2) is 59.8 Å². The van der Waals surface area contributed by atoms with Gasteiger partial charge in [-0.1, -0.05) is 38.4 Å². The molecule has 0 bridgehead atoms. The molecule has 1 aromatic carbocycles. The lowest BCUT2D eigenvalue weighted by Crippen LogP contribution is -2.64. The van der Waals surface area contributed by atoms with Crippen molar-refractivity contribution in [1.82, 2.24) is 20.2 Å². The van der Waals surface area contributed by atoms with Gasteiger partial charge in [-0.2, -0.15) is 0 Å². The Kier molecular flexibility index (Phi) is 6.88. The summed E-state index contributed by atoms with van der Waals surface area (Å²) in [4.78, 5) is 38.3. The second kappa shape index (κ2) is 9.84. The minimum absolute atomic E-state index is 0.151. The minimum Gasteiger partial charge on any atom is -0.351 e. The lowest BCUT2D eigenvalue weighted by molar-refractivity contribution is 0.0757. The fraction of sp³-hybridized carbons (Fsp3) is 0.464. The average molecular weight is 534 g/mol. The topological polar surface area (TPSA) is 104 Å². The van der Waals surface area contributed by atoms with Crippen LogP contribution in [0.2, 0.25) is 19.6 Å². The molecule has 2 unspecified atom stereocenters. The van der Waals surface area contributed by atoms with Crippen LogP contribution in [0.15, 0.2) is 24.3 Å². The molecule has 7 nitrogen and oxygen atoms in total. The number of nitrogens with one attached hydrogen (secondary N) is 2. The summed E-state index contributed by atoms with van der Waals surface area (Å²) >= 11 is 1.46. The second-order valence-corrected chi connectivity index (χ2v) is 17.3. The van der Waals surface area contributed by atoms with Gasteiger partial charge in [-0.05, 0) is 44.2 Å². The lowest BCUT2D eigenvalue weighted by Gasteiger charge is -2.39. The first-order chi connectivity index (χ1) is 17.5. The normalized spacial score (nSPS) is 22.2. The van der Waals surface area contributed by atoms with Crippen LogP contribution in [0, 0.1) is 11.5 Å². The minimum atomic E-state index is -1.48. The summed E-state index contributed by atoms with van der Waals surface area (Å²) in [7, 11) is 0.599. The molecule has 1 saturated carbocycles. The number of benzene rings is 1. The highest BCUT2D eigenvalue weighted by atomic mass is 32.1. The van der Waals surface area contributed by atoms with Crippen molar-refractivity contribution in [3.05, 3.63) is 51.1 Å². The number of fused-ring (bicyclic) bond motifs is 2. The molecule has 1 aliphatic carbocycles. The third kappa shape index (κ3) is 5.43. The number of aromatic amines is 1. The molecule has 194 valence electrons. The van der Waals surface area contributed by atoms with E-state index in [4.69, 9.17) is 5.73 Å². The Bertz CT molecular complexity index is 1430. The molecular formula is C28H35N5O2SSi. The summed E-state index contributed by atoms with van der Waals surface area (Å²) in [6.45, 7) is 8.39. The van der Waals surface area contributed by atoms with E-state index in [9.17, 15) is 9.59 Å². The zero-order chi connectivity index (χ0) is 26.4. The number of aromatic nitrogens is 2. The predicted octanol–water partition coefficient (Wildman–Crippen LogP) is 4.09. The van der Waals surface area contributed by atoms with Crippen LogP contribution in [0.3, 0.4) is 0 Å². The van der Waals surface area contributed by atoms with Crippen LogP contribution in [-0.2, 0) is 13.0 Å². The first kappa shape index (κ1) is 25.9. The van der Waals surface area contributed by atoms with Crippen molar-refractivity contribution < 1.29 is 9.59 Å². The molecule has 0 saturated heterocycles. The maximum Gasteiger partial charge on any atom is 0.268 e. The summed E-state index contributed by atoms with van der Waals surface area (Å²) in [6.07, 6.45) is 3.82. The van der Waals surface area contributed by atoms with E-state index >= 15 is 0 Å². The van der Waals surface area contributed by atoms with Crippen LogP contribution >= 0.6 is 11.3 Å². The number of hydrogen-bond acceptors (Lipinski definition) is 6. The first-order valence-electron chi connectivity index (χ1n) is 13.0. The van der Waals surface area contributed by atoms with Crippen molar-refractivity contribution >= 4 is 42.0 Å². The molecule has 4 N–H and O–H groups in total. The van der Waals surface area contributed by atoms with Gasteiger partial charge in [-0.15, -0.1) is 16.9 Å². The molecule has 3 aromatic rings. The molecule has 3 heterocycles. The Balaban J connectivity index is 1.36. The summed E-state index contributed by atoms with van der Waals surface area (Å²) < 4.78 is 0. The third-order valence-corrected chi connectivity index (χ3v) is 9.20. The second-order valence-electron chi connectivity index (χ2n) is 11.5. The summed E-state index contributed by atoms with van der Waals surface area (Å²) in [5.41, 5.74) is 12.3. The Hall–Kier alpha value is -2.77. The van der Waals surface area contributed by atoms with Gasteiger partial charge < -0.3 is 20.9 Å². The van der Waals surface area contributed by atoms with E-state index in [1.54, 1.807) is 0 Å². The van der Waals surface area contributed by atoms with E-state index in [1.807, 2.05) is 24.3 Å². The lowest BCUT2D eigenvalue weighted by atomic mass is 9.75. The molecule has 0 spiro atoms. The van der Waals surface area contributed by atoms with E-state index in [0.29, 0.717) is 23.5 Å². The number of hydrogen-bond donors (Lipinski definition) is 3. The quantitative estimate of drug-likeness (QED) is 0.266. The number of carbonyl (C=O) groups is 2. The van der Waals surface area contributed by atoms with Crippen LogP contribution in [0.4, 0.5) is 0 Å². The maximum atomic E-state index is 13.7. The number of likely N-dealkylation sites (N-methyl/N-ethyl adjacent to an activating group) is 1. The van der Waals surface area contributed by atoms with E-state index in [1.165, 1.54) is 11.3 Å². The van der Waals surface area contributed by atoms with E-state index in [-0.39, 0.29) is 11.7 Å². The van der Waals surface area contributed by atoms with Crippen molar-refractivity contribution in [3.63, 3.8) is 0 Å². The monoisotopic (exact) mass is 533 g/mol. The Morgan fingerprint density at radius 1 is 1.27 bits per heavy atom. The van der Waals surface area contributed by atoms with Gasteiger partial charge in [0.05, 0.1) is 11.7 Å². The molecule has 1 fully saturated rings. The zero-order valence-corrected chi connectivity index (χ0v) is 23.8. The molecule has 2 aliphatic rings. The number of nitrogens with two attached hydrogens (primary N) is 1. The van der Waals surface area contributed by atoms with Crippen molar-refractivity contribution in [3.8, 4) is 11.5 Å². The molecule has 1 amide bonds. The molecule has 9 heteroatoms.